The molecule has 0 aromatic carbocycles. The zero-order valence-corrected chi connectivity index (χ0v) is 12.9. The second-order valence-electron chi connectivity index (χ2n) is 4.73. The van der Waals surface area contributed by atoms with Crippen molar-refractivity contribution in [2.75, 3.05) is 6.54 Å². The van der Waals surface area contributed by atoms with E-state index in [0.717, 1.165) is 18.0 Å². The molecule has 0 bridgehead atoms. The first-order valence-electron chi connectivity index (χ1n) is 6.56. The topological polar surface area (TPSA) is 45.1 Å². The van der Waals surface area contributed by atoms with Crippen LogP contribution >= 0.6 is 22.7 Å². The summed E-state index contributed by atoms with van der Waals surface area (Å²) < 4.78 is 0. The summed E-state index contributed by atoms with van der Waals surface area (Å²) in [4.78, 5) is 5.64. The first-order chi connectivity index (χ1) is 9.20. The van der Waals surface area contributed by atoms with Crippen LogP contribution in [0.15, 0.2) is 23.0 Å². The molecule has 5 heteroatoms. The Labute approximate surface area is 122 Å². The standard InChI is InChI=1S/C14H20N2OS2/c1-3-10(2)13(17)8-15-6-12-7-16-14(19-12)11-4-5-18-9-11/h4-5,7,9-10,13,15,17H,3,6,8H2,1-2H3. The van der Waals surface area contributed by atoms with Crippen molar-refractivity contribution in [3.8, 4) is 10.6 Å². The number of thiophene rings is 1. The molecular formula is C14H20N2OS2. The molecule has 0 spiro atoms. The van der Waals surface area contributed by atoms with Crippen LogP contribution in [0.25, 0.3) is 10.6 Å². The maximum Gasteiger partial charge on any atom is 0.124 e. The summed E-state index contributed by atoms with van der Waals surface area (Å²) in [5.74, 6) is 0.343. The van der Waals surface area contributed by atoms with Gasteiger partial charge in [0.1, 0.15) is 5.01 Å². The zero-order chi connectivity index (χ0) is 13.7. The minimum absolute atomic E-state index is 0.269. The highest BCUT2D eigenvalue weighted by molar-refractivity contribution is 7.15. The van der Waals surface area contributed by atoms with Crippen LogP contribution in [-0.4, -0.2) is 22.7 Å². The van der Waals surface area contributed by atoms with Crippen LogP contribution in [0.4, 0.5) is 0 Å². The van der Waals surface area contributed by atoms with Gasteiger partial charge in [0.05, 0.1) is 6.10 Å². The summed E-state index contributed by atoms with van der Waals surface area (Å²) in [5, 5.41) is 18.4. The van der Waals surface area contributed by atoms with E-state index in [2.05, 4.69) is 41.0 Å². The first kappa shape index (κ1) is 14.7. The number of hydrogen-bond donors (Lipinski definition) is 2. The van der Waals surface area contributed by atoms with E-state index in [9.17, 15) is 5.11 Å². The Morgan fingerprint density at radius 3 is 3.00 bits per heavy atom. The van der Waals surface area contributed by atoms with Crippen LogP contribution in [0.2, 0.25) is 0 Å². The summed E-state index contributed by atoms with van der Waals surface area (Å²) >= 11 is 3.40. The largest absolute Gasteiger partial charge is 0.392 e. The van der Waals surface area contributed by atoms with Crippen molar-refractivity contribution in [3.05, 3.63) is 27.9 Å². The van der Waals surface area contributed by atoms with Gasteiger partial charge in [-0.3, -0.25) is 0 Å². The van der Waals surface area contributed by atoms with Crippen molar-refractivity contribution in [2.24, 2.45) is 5.92 Å². The fraction of sp³-hybridized carbons (Fsp3) is 0.500. The molecule has 2 N–H and O–H groups in total. The molecule has 0 radical (unpaired) electrons. The van der Waals surface area contributed by atoms with Gasteiger partial charge in [-0.05, 0) is 17.4 Å². The lowest BCUT2D eigenvalue weighted by Crippen LogP contribution is -2.30. The number of thiazole rings is 1. The van der Waals surface area contributed by atoms with Gasteiger partial charge in [-0.15, -0.1) is 11.3 Å². The van der Waals surface area contributed by atoms with Crippen LogP contribution < -0.4 is 5.32 Å². The van der Waals surface area contributed by atoms with Gasteiger partial charge in [0.15, 0.2) is 0 Å². The van der Waals surface area contributed by atoms with E-state index < -0.39 is 0 Å². The molecule has 2 heterocycles. The van der Waals surface area contributed by atoms with Crippen LogP contribution in [0.1, 0.15) is 25.1 Å². The number of hydrogen-bond acceptors (Lipinski definition) is 5. The summed E-state index contributed by atoms with van der Waals surface area (Å²) in [6.45, 7) is 5.59. The van der Waals surface area contributed by atoms with Crippen molar-refractivity contribution < 1.29 is 5.11 Å². The molecule has 0 aliphatic rings. The van der Waals surface area contributed by atoms with Crippen LogP contribution in [0.3, 0.4) is 0 Å². The van der Waals surface area contributed by atoms with Gasteiger partial charge in [0.25, 0.3) is 0 Å². The summed E-state index contributed by atoms with van der Waals surface area (Å²) in [6.07, 6.45) is 2.65. The zero-order valence-electron chi connectivity index (χ0n) is 11.3. The minimum Gasteiger partial charge on any atom is -0.392 e. The summed E-state index contributed by atoms with van der Waals surface area (Å²) in [6, 6.07) is 2.09. The van der Waals surface area contributed by atoms with E-state index in [1.54, 1.807) is 22.7 Å². The first-order valence-corrected chi connectivity index (χ1v) is 8.32. The number of rotatable bonds is 7. The quantitative estimate of drug-likeness (QED) is 0.823. The third kappa shape index (κ3) is 4.11. The van der Waals surface area contributed by atoms with E-state index in [0.29, 0.717) is 12.5 Å². The molecule has 0 aliphatic carbocycles. The van der Waals surface area contributed by atoms with Gasteiger partial charge in [0.2, 0.25) is 0 Å². The molecule has 2 aromatic rings. The Hall–Kier alpha value is -0.750. The molecule has 0 saturated carbocycles. The lowest BCUT2D eigenvalue weighted by atomic mass is 10.0. The number of aliphatic hydroxyl groups excluding tert-OH is 1. The van der Waals surface area contributed by atoms with Crippen molar-refractivity contribution in [1.29, 1.82) is 0 Å². The van der Waals surface area contributed by atoms with Crippen molar-refractivity contribution >= 4 is 22.7 Å². The average Bonchev–Trinajstić information content (AvgIpc) is 3.07. The van der Waals surface area contributed by atoms with Gasteiger partial charge in [0, 0.05) is 35.1 Å². The van der Waals surface area contributed by atoms with Gasteiger partial charge in [-0.2, -0.15) is 11.3 Å². The van der Waals surface area contributed by atoms with Gasteiger partial charge in [-0.25, -0.2) is 4.98 Å². The highest BCUT2D eigenvalue weighted by Gasteiger charge is 2.11. The van der Waals surface area contributed by atoms with E-state index in [1.165, 1.54) is 10.4 Å². The Balaban J connectivity index is 1.81. The molecule has 2 atom stereocenters. The van der Waals surface area contributed by atoms with E-state index >= 15 is 0 Å². The molecule has 2 aromatic heterocycles. The fourth-order valence-electron chi connectivity index (χ4n) is 1.73. The number of aromatic nitrogens is 1. The Bertz CT molecular complexity index is 481. The van der Waals surface area contributed by atoms with Gasteiger partial charge in [-0.1, -0.05) is 20.3 Å². The highest BCUT2D eigenvalue weighted by Crippen LogP contribution is 2.26. The maximum absolute atomic E-state index is 9.88. The second kappa shape index (κ2) is 7.14. The van der Waals surface area contributed by atoms with Crippen molar-refractivity contribution in [3.63, 3.8) is 0 Å². The smallest absolute Gasteiger partial charge is 0.124 e. The molecule has 0 amide bonds. The third-order valence-corrected chi connectivity index (χ3v) is 5.00. The van der Waals surface area contributed by atoms with Crippen molar-refractivity contribution in [1.82, 2.24) is 10.3 Å². The Morgan fingerprint density at radius 1 is 1.47 bits per heavy atom. The molecule has 2 rings (SSSR count). The fourth-order valence-corrected chi connectivity index (χ4v) is 3.32. The Morgan fingerprint density at radius 2 is 2.32 bits per heavy atom. The monoisotopic (exact) mass is 296 g/mol. The number of nitrogens with one attached hydrogen (secondary N) is 1. The predicted molar refractivity (Wildman–Crippen MR) is 82.6 cm³/mol. The average molecular weight is 296 g/mol. The van der Waals surface area contributed by atoms with Crippen LogP contribution in [-0.2, 0) is 6.54 Å². The van der Waals surface area contributed by atoms with Gasteiger partial charge >= 0.3 is 0 Å². The molecule has 0 fully saturated rings. The van der Waals surface area contributed by atoms with E-state index in [1.807, 2.05) is 6.20 Å². The summed E-state index contributed by atoms with van der Waals surface area (Å²) in [5.41, 5.74) is 1.20. The Kier molecular flexibility index (Phi) is 5.51. The number of nitrogens with zero attached hydrogens (tertiary/aromatic N) is 1. The predicted octanol–water partition coefficient (Wildman–Crippen LogP) is 3.37. The molecule has 0 saturated heterocycles. The second-order valence-corrected chi connectivity index (χ2v) is 6.62. The van der Waals surface area contributed by atoms with E-state index in [4.69, 9.17) is 0 Å². The minimum atomic E-state index is -0.269. The molecule has 0 aliphatic heterocycles. The highest BCUT2D eigenvalue weighted by atomic mass is 32.1. The molecule has 104 valence electrons. The van der Waals surface area contributed by atoms with Crippen LogP contribution in [0, 0.1) is 5.92 Å². The molecule has 2 unspecified atom stereocenters. The maximum atomic E-state index is 9.88. The molecule has 19 heavy (non-hydrogen) atoms. The van der Waals surface area contributed by atoms with Gasteiger partial charge < -0.3 is 10.4 Å². The normalized spacial score (nSPS) is 14.5. The summed E-state index contributed by atoms with van der Waals surface area (Å²) in [7, 11) is 0. The molecular weight excluding hydrogens is 276 g/mol. The lowest BCUT2D eigenvalue weighted by molar-refractivity contribution is 0.113. The third-order valence-electron chi connectivity index (χ3n) is 3.28. The van der Waals surface area contributed by atoms with Crippen LogP contribution in [0.5, 0.6) is 0 Å². The SMILES string of the molecule is CCC(C)C(O)CNCc1cnc(-c2ccsc2)s1. The lowest BCUT2D eigenvalue weighted by Gasteiger charge is -2.17. The van der Waals surface area contributed by atoms with E-state index in [-0.39, 0.29) is 6.10 Å². The van der Waals surface area contributed by atoms with Crippen molar-refractivity contribution in [2.45, 2.75) is 32.9 Å². The number of aliphatic hydroxyl groups is 1. The molecule has 3 nitrogen and oxygen atoms in total.